The van der Waals surface area contributed by atoms with Gasteiger partial charge in [0.2, 0.25) is 5.90 Å². The summed E-state index contributed by atoms with van der Waals surface area (Å²) in [6.45, 7) is 15.0. The van der Waals surface area contributed by atoms with Crippen LogP contribution >= 0.6 is 21.4 Å². The van der Waals surface area contributed by atoms with Crippen LogP contribution in [0.1, 0.15) is 88.6 Å². The average Bonchev–Trinajstić information content (AvgIpc) is 3.76. The third-order valence-corrected chi connectivity index (χ3v) is 11.9. The number of fused-ring (bicyclic) bond motifs is 2. The fourth-order valence-corrected chi connectivity index (χ4v) is 8.11. The Morgan fingerprint density at radius 1 is 1.25 bits per heavy atom. The monoisotopic (exact) mass is 755 g/mol. The minimum atomic E-state index is -0.897. The number of carbonyl (C=O) groups excluding carboxylic acids is 1. The number of nitrogens with zero attached hydrogens (tertiary/aromatic N) is 4. The second kappa shape index (κ2) is 15.7. The first-order valence-corrected chi connectivity index (χ1v) is 21.6. The van der Waals surface area contributed by atoms with Gasteiger partial charge in [0.15, 0.2) is 5.82 Å². The molecule has 2 aliphatic heterocycles. The summed E-state index contributed by atoms with van der Waals surface area (Å²) in [5, 5.41) is 13.1. The van der Waals surface area contributed by atoms with Gasteiger partial charge in [-0.15, -0.1) is 11.3 Å². The third kappa shape index (κ3) is 8.40. The first-order chi connectivity index (χ1) is 24.5. The minimum absolute atomic E-state index is 0.0309. The number of pyridine rings is 1. The zero-order valence-corrected chi connectivity index (χ0v) is 33.6. The maximum absolute atomic E-state index is 17.2. The van der Waals surface area contributed by atoms with Crippen LogP contribution in [0.3, 0.4) is 0 Å². The van der Waals surface area contributed by atoms with Crippen molar-refractivity contribution in [2.45, 2.75) is 92.6 Å². The highest BCUT2D eigenvalue weighted by Crippen LogP contribution is 2.46. The van der Waals surface area contributed by atoms with E-state index < -0.39 is 33.4 Å². The van der Waals surface area contributed by atoms with E-state index in [1.807, 2.05) is 0 Å². The summed E-state index contributed by atoms with van der Waals surface area (Å²) in [5.74, 6) is 1.22. The number of ether oxygens (including phenoxy) is 3. The predicted molar refractivity (Wildman–Crippen MR) is 208 cm³/mol. The molecule has 282 valence electrons. The van der Waals surface area contributed by atoms with Crippen LogP contribution in [-0.2, 0) is 27.4 Å². The van der Waals surface area contributed by atoms with Crippen molar-refractivity contribution in [2.75, 3.05) is 43.0 Å². The molecule has 2 aliphatic rings. The molecule has 0 saturated carbocycles. The van der Waals surface area contributed by atoms with Crippen LogP contribution in [0.5, 0.6) is 0 Å². The Kier molecular flexibility index (Phi) is 11.9. The summed E-state index contributed by atoms with van der Waals surface area (Å²) >= 11 is 0.875. The summed E-state index contributed by atoms with van der Waals surface area (Å²) in [7, 11) is -0.897. The Hall–Kier alpha value is -3.73. The van der Waals surface area contributed by atoms with Crippen molar-refractivity contribution >= 4 is 48.4 Å². The van der Waals surface area contributed by atoms with E-state index in [2.05, 4.69) is 66.9 Å². The molecule has 1 fully saturated rings. The van der Waals surface area contributed by atoms with Crippen molar-refractivity contribution in [1.29, 1.82) is 5.26 Å². The molecule has 4 heterocycles. The molecule has 52 heavy (non-hydrogen) atoms. The zero-order chi connectivity index (χ0) is 38.1. The van der Waals surface area contributed by atoms with E-state index >= 15 is 8.78 Å². The number of thiophene rings is 1. The molecule has 2 atom stereocenters. The zero-order valence-electron chi connectivity index (χ0n) is 32.0. The number of halogens is 2. The van der Waals surface area contributed by atoms with Crippen LogP contribution in [0.15, 0.2) is 23.1 Å². The number of aromatic nitrogens is 1. The number of allylic oxidation sites excluding steroid dienone is 1. The molecular formula is C39H51F2N5O4S2. The SMILES string of the molecule is CCC/C=C(/N=C(/OCCS(C)(C)C)c1c(C)c(F)c(-c2ncc(F)c3sc(NC(=O)OC(C)(C)C)c(C#N)c23)c2c1COC2)N1CCC(C)C1C. The van der Waals surface area contributed by atoms with Gasteiger partial charge in [0.25, 0.3) is 0 Å². The molecule has 1 N–H and O–H groups in total. The highest BCUT2D eigenvalue weighted by atomic mass is 32.3. The molecule has 5 rings (SSSR count). The number of nitrogens with one attached hydrogen (secondary N) is 1. The van der Waals surface area contributed by atoms with E-state index in [1.165, 1.54) is 0 Å². The highest BCUT2D eigenvalue weighted by molar-refractivity contribution is 8.32. The molecule has 1 saturated heterocycles. The van der Waals surface area contributed by atoms with Gasteiger partial charge in [0.05, 0.1) is 42.0 Å². The normalized spacial score (nSPS) is 18.5. The summed E-state index contributed by atoms with van der Waals surface area (Å²) in [4.78, 5) is 24.6. The Labute approximate surface area is 311 Å². The smallest absolute Gasteiger partial charge is 0.412 e. The van der Waals surface area contributed by atoms with Gasteiger partial charge in [-0.05, 0) is 94.9 Å². The van der Waals surface area contributed by atoms with E-state index in [9.17, 15) is 10.1 Å². The molecule has 13 heteroatoms. The van der Waals surface area contributed by atoms with Crippen molar-refractivity contribution in [2.24, 2.45) is 10.9 Å². The minimum Gasteiger partial charge on any atom is -0.476 e. The maximum atomic E-state index is 17.2. The number of benzene rings is 1. The van der Waals surface area contributed by atoms with Gasteiger partial charge in [-0.3, -0.25) is 10.3 Å². The summed E-state index contributed by atoms with van der Waals surface area (Å²) in [5.41, 5.74) is 1.47. The molecule has 1 amide bonds. The molecule has 0 spiro atoms. The van der Waals surface area contributed by atoms with E-state index in [-0.39, 0.29) is 51.2 Å². The number of hydrogen-bond donors (Lipinski definition) is 1. The van der Waals surface area contributed by atoms with Crippen LogP contribution in [0.25, 0.3) is 21.3 Å². The van der Waals surface area contributed by atoms with Gasteiger partial charge in [0.1, 0.15) is 28.3 Å². The van der Waals surface area contributed by atoms with Gasteiger partial charge >= 0.3 is 6.09 Å². The topological polar surface area (TPSA) is 109 Å². The Morgan fingerprint density at radius 2 is 1.96 bits per heavy atom. The summed E-state index contributed by atoms with van der Waals surface area (Å²) < 4.78 is 50.6. The predicted octanol–water partition coefficient (Wildman–Crippen LogP) is 9.63. The van der Waals surface area contributed by atoms with Gasteiger partial charge in [0, 0.05) is 34.9 Å². The number of carbonyl (C=O) groups is 1. The van der Waals surface area contributed by atoms with E-state index in [0.717, 1.165) is 54.9 Å². The van der Waals surface area contributed by atoms with Crippen molar-refractivity contribution in [3.63, 3.8) is 0 Å². The van der Waals surface area contributed by atoms with Gasteiger partial charge in [-0.2, -0.15) is 10.3 Å². The molecule has 0 bridgehead atoms. The average molecular weight is 756 g/mol. The second-order valence-corrected chi connectivity index (χ2v) is 21.1. The van der Waals surface area contributed by atoms with E-state index in [0.29, 0.717) is 40.7 Å². The molecule has 9 nitrogen and oxygen atoms in total. The first kappa shape index (κ1) is 39.5. The lowest BCUT2D eigenvalue weighted by atomic mass is 9.89. The molecular weight excluding hydrogens is 705 g/mol. The number of anilines is 1. The van der Waals surface area contributed by atoms with E-state index in [4.69, 9.17) is 19.2 Å². The van der Waals surface area contributed by atoms with Crippen LogP contribution in [0, 0.1) is 35.8 Å². The number of aliphatic imine (C=N–C) groups is 1. The number of nitriles is 1. The number of amides is 1. The van der Waals surface area contributed by atoms with Crippen LogP contribution < -0.4 is 5.32 Å². The van der Waals surface area contributed by atoms with Crippen LogP contribution in [-0.4, -0.2) is 71.2 Å². The van der Waals surface area contributed by atoms with E-state index in [1.54, 1.807) is 27.7 Å². The highest BCUT2D eigenvalue weighted by Gasteiger charge is 2.34. The molecule has 0 radical (unpaired) electrons. The number of hydrogen-bond acceptors (Lipinski definition) is 9. The summed E-state index contributed by atoms with van der Waals surface area (Å²) in [6, 6.07) is 2.37. The second-order valence-electron chi connectivity index (χ2n) is 15.5. The van der Waals surface area contributed by atoms with Crippen LogP contribution in [0.2, 0.25) is 0 Å². The molecule has 3 aromatic rings. The standard InChI is InChI=1S/C39H51F2N5O4S2/c1-11-12-13-29(46-15-14-22(2)24(46)4)44-36(49-16-17-52(8,9)10)30-23(3)33(41)31(27-21-48-20-26(27)30)34-32-25(18-42)37(45-38(47)50-39(5,6)7)51-35(32)28(40)19-43-34/h13,19,22,24H,11-12,14-17,20-21H2,1-10H3,(H,45,47)/b29-13-,44-36+. The summed E-state index contributed by atoms with van der Waals surface area (Å²) in [6.07, 6.45) is 11.9. The molecule has 2 aromatic heterocycles. The Bertz CT molecular complexity index is 1950. The van der Waals surface area contributed by atoms with Gasteiger partial charge in [-0.1, -0.05) is 20.3 Å². The van der Waals surface area contributed by atoms with Crippen LogP contribution in [0.4, 0.5) is 18.6 Å². The van der Waals surface area contributed by atoms with Gasteiger partial charge in [-0.25, -0.2) is 23.6 Å². The van der Waals surface area contributed by atoms with Crippen molar-refractivity contribution in [3.8, 4) is 17.3 Å². The number of likely N-dealkylation sites (tertiary alicyclic amines) is 1. The van der Waals surface area contributed by atoms with Crippen molar-refractivity contribution < 1.29 is 27.8 Å². The molecule has 2 unspecified atom stereocenters. The quantitative estimate of drug-likeness (QED) is 0.162. The lowest BCUT2D eigenvalue weighted by molar-refractivity contribution is 0.0636. The lowest BCUT2D eigenvalue weighted by Crippen LogP contribution is -2.29. The van der Waals surface area contributed by atoms with Crippen molar-refractivity contribution in [1.82, 2.24) is 9.88 Å². The first-order valence-electron chi connectivity index (χ1n) is 17.7. The lowest BCUT2D eigenvalue weighted by Gasteiger charge is -2.28. The fraction of sp³-hybridized carbons (Fsp3) is 0.538. The largest absolute Gasteiger partial charge is 0.476 e. The maximum Gasteiger partial charge on any atom is 0.412 e. The Balaban J connectivity index is 1.71. The Morgan fingerprint density at radius 3 is 2.58 bits per heavy atom. The van der Waals surface area contributed by atoms with Gasteiger partial charge < -0.3 is 19.1 Å². The van der Waals surface area contributed by atoms with Crippen molar-refractivity contribution in [3.05, 3.63) is 57.5 Å². The third-order valence-electron chi connectivity index (χ3n) is 9.43. The number of rotatable bonds is 10. The molecule has 1 aromatic carbocycles. The molecule has 0 aliphatic carbocycles. The number of unbranched alkanes of at least 4 members (excludes halogenated alkanes) is 1. The fourth-order valence-electron chi connectivity index (χ4n) is 6.49.